The summed E-state index contributed by atoms with van der Waals surface area (Å²) in [5.74, 6) is 0.377. The standard InChI is InChI=1S/C13H18N2O2S2/c1-9(19-2)7-15-12(16)8-17-11-6-4-3-5-10(11)13(14)18/h3-6,9H,7-8H2,1-2H3,(H2,14,18)(H,15,16). The summed E-state index contributed by atoms with van der Waals surface area (Å²) in [5.41, 5.74) is 6.23. The molecular formula is C13H18N2O2S2. The maximum absolute atomic E-state index is 11.6. The van der Waals surface area contributed by atoms with Crippen LogP contribution in [0.15, 0.2) is 24.3 Å². The van der Waals surface area contributed by atoms with E-state index < -0.39 is 0 Å². The minimum Gasteiger partial charge on any atom is -0.483 e. The number of thioether (sulfide) groups is 1. The Hall–Kier alpha value is -1.27. The number of nitrogens with two attached hydrogens (primary N) is 1. The molecular weight excluding hydrogens is 280 g/mol. The number of thiocarbonyl (C=S) groups is 1. The van der Waals surface area contributed by atoms with Gasteiger partial charge in [-0.05, 0) is 18.4 Å². The van der Waals surface area contributed by atoms with Crippen molar-refractivity contribution in [1.82, 2.24) is 5.32 Å². The van der Waals surface area contributed by atoms with Gasteiger partial charge in [0.25, 0.3) is 5.91 Å². The summed E-state index contributed by atoms with van der Waals surface area (Å²) in [4.78, 5) is 11.9. The Balaban J connectivity index is 2.48. The van der Waals surface area contributed by atoms with Crippen LogP contribution in [0.1, 0.15) is 12.5 Å². The second-order valence-electron chi connectivity index (χ2n) is 4.00. The van der Waals surface area contributed by atoms with Crippen LogP contribution in [0.3, 0.4) is 0 Å². The molecule has 1 atom stereocenters. The molecule has 0 aromatic heterocycles. The van der Waals surface area contributed by atoms with Crippen LogP contribution in [-0.4, -0.2) is 35.6 Å². The van der Waals surface area contributed by atoms with E-state index in [-0.39, 0.29) is 17.5 Å². The Morgan fingerprint density at radius 2 is 2.21 bits per heavy atom. The molecule has 3 N–H and O–H groups in total. The Morgan fingerprint density at radius 1 is 1.53 bits per heavy atom. The average Bonchev–Trinajstić information content (AvgIpc) is 2.42. The predicted molar refractivity (Wildman–Crippen MR) is 83.8 cm³/mol. The third kappa shape index (κ3) is 5.48. The van der Waals surface area contributed by atoms with E-state index in [9.17, 15) is 4.79 Å². The molecule has 1 rings (SSSR count). The molecule has 0 aliphatic carbocycles. The zero-order chi connectivity index (χ0) is 14.3. The number of rotatable bonds is 7. The van der Waals surface area contributed by atoms with E-state index in [1.54, 1.807) is 23.9 Å². The predicted octanol–water partition coefficient (Wildman–Crippen LogP) is 1.57. The van der Waals surface area contributed by atoms with Gasteiger partial charge in [-0.25, -0.2) is 0 Å². The molecule has 0 spiro atoms. The van der Waals surface area contributed by atoms with Gasteiger partial charge in [-0.15, -0.1) is 0 Å². The maximum Gasteiger partial charge on any atom is 0.257 e. The smallest absolute Gasteiger partial charge is 0.257 e. The highest BCUT2D eigenvalue weighted by atomic mass is 32.2. The van der Waals surface area contributed by atoms with Crippen molar-refractivity contribution in [3.63, 3.8) is 0 Å². The van der Waals surface area contributed by atoms with Crippen molar-refractivity contribution in [2.45, 2.75) is 12.2 Å². The second-order valence-corrected chi connectivity index (χ2v) is 5.72. The molecule has 0 radical (unpaired) electrons. The molecule has 0 aliphatic heterocycles. The van der Waals surface area contributed by atoms with Crippen LogP contribution in [0.2, 0.25) is 0 Å². The van der Waals surface area contributed by atoms with Gasteiger partial charge >= 0.3 is 0 Å². The lowest BCUT2D eigenvalue weighted by Crippen LogP contribution is -2.33. The second kappa shape index (κ2) is 8.01. The molecule has 6 heteroatoms. The summed E-state index contributed by atoms with van der Waals surface area (Å²) in [6.07, 6.45) is 2.01. The van der Waals surface area contributed by atoms with Gasteiger partial charge in [0.15, 0.2) is 6.61 Å². The molecule has 0 fully saturated rings. The van der Waals surface area contributed by atoms with Crippen LogP contribution < -0.4 is 15.8 Å². The fourth-order valence-electron chi connectivity index (χ4n) is 1.33. The van der Waals surface area contributed by atoms with Crippen LogP contribution in [0.5, 0.6) is 5.75 Å². The molecule has 4 nitrogen and oxygen atoms in total. The van der Waals surface area contributed by atoms with Crippen LogP contribution >= 0.6 is 24.0 Å². The van der Waals surface area contributed by atoms with Crippen LogP contribution in [-0.2, 0) is 4.79 Å². The first kappa shape index (κ1) is 15.8. The highest BCUT2D eigenvalue weighted by molar-refractivity contribution is 7.99. The Kier molecular flexibility index (Phi) is 6.66. The number of ether oxygens (including phenoxy) is 1. The molecule has 0 aliphatic rings. The highest BCUT2D eigenvalue weighted by Crippen LogP contribution is 2.17. The minimum absolute atomic E-state index is 0.0409. The molecule has 19 heavy (non-hydrogen) atoms. The minimum atomic E-state index is -0.154. The summed E-state index contributed by atoms with van der Waals surface area (Å²) in [5, 5.41) is 3.19. The lowest BCUT2D eigenvalue weighted by atomic mass is 10.2. The molecule has 0 heterocycles. The van der Waals surface area contributed by atoms with Gasteiger partial charge in [0.1, 0.15) is 10.7 Å². The fraction of sp³-hybridized carbons (Fsp3) is 0.385. The topological polar surface area (TPSA) is 64.3 Å². The van der Waals surface area contributed by atoms with E-state index in [4.69, 9.17) is 22.7 Å². The van der Waals surface area contributed by atoms with Gasteiger partial charge < -0.3 is 15.8 Å². The number of amides is 1. The summed E-state index contributed by atoms with van der Waals surface area (Å²) >= 11 is 6.62. The van der Waals surface area contributed by atoms with Crippen LogP contribution in [0.25, 0.3) is 0 Å². The number of carbonyl (C=O) groups is 1. The summed E-state index contributed by atoms with van der Waals surface area (Å²) < 4.78 is 5.44. The number of hydrogen-bond acceptors (Lipinski definition) is 4. The first-order valence-electron chi connectivity index (χ1n) is 5.85. The number of para-hydroxylation sites is 1. The zero-order valence-electron chi connectivity index (χ0n) is 11.0. The Morgan fingerprint density at radius 3 is 2.84 bits per heavy atom. The third-order valence-electron chi connectivity index (χ3n) is 2.50. The average molecular weight is 298 g/mol. The first-order chi connectivity index (χ1) is 9.04. The molecule has 0 saturated heterocycles. The molecule has 0 saturated carbocycles. The Labute approximate surface area is 123 Å². The zero-order valence-corrected chi connectivity index (χ0v) is 12.6. The molecule has 1 unspecified atom stereocenters. The van der Waals surface area contributed by atoms with Crippen molar-refractivity contribution >= 4 is 34.9 Å². The third-order valence-corrected chi connectivity index (χ3v) is 3.69. The van der Waals surface area contributed by atoms with Crippen molar-refractivity contribution in [2.24, 2.45) is 5.73 Å². The van der Waals surface area contributed by atoms with E-state index in [1.165, 1.54) is 0 Å². The SMILES string of the molecule is CSC(C)CNC(=O)COc1ccccc1C(N)=S. The largest absolute Gasteiger partial charge is 0.483 e. The molecule has 104 valence electrons. The van der Waals surface area contributed by atoms with E-state index >= 15 is 0 Å². The van der Waals surface area contributed by atoms with Gasteiger partial charge in [0, 0.05) is 11.8 Å². The van der Waals surface area contributed by atoms with Crippen molar-refractivity contribution in [2.75, 3.05) is 19.4 Å². The monoisotopic (exact) mass is 298 g/mol. The van der Waals surface area contributed by atoms with E-state index in [0.717, 1.165) is 0 Å². The van der Waals surface area contributed by atoms with E-state index in [2.05, 4.69) is 5.32 Å². The Bertz CT molecular complexity index is 452. The number of carbonyl (C=O) groups excluding carboxylic acids is 1. The van der Waals surface area contributed by atoms with Crippen molar-refractivity contribution in [3.8, 4) is 5.75 Å². The van der Waals surface area contributed by atoms with Gasteiger partial charge in [-0.2, -0.15) is 11.8 Å². The molecule has 1 aromatic carbocycles. The van der Waals surface area contributed by atoms with Crippen molar-refractivity contribution in [3.05, 3.63) is 29.8 Å². The lowest BCUT2D eigenvalue weighted by Gasteiger charge is -2.12. The van der Waals surface area contributed by atoms with Crippen molar-refractivity contribution in [1.29, 1.82) is 0 Å². The lowest BCUT2D eigenvalue weighted by molar-refractivity contribution is -0.123. The number of nitrogens with one attached hydrogen (secondary N) is 1. The first-order valence-corrected chi connectivity index (χ1v) is 7.55. The van der Waals surface area contributed by atoms with Gasteiger partial charge in [0.2, 0.25) is 0 Å². The summed E-state index contributed by atoms with van der Waals surface area (Å²) in [6.45, 7) is 2.63. The molecule has 1 aromatic rings. The number of benzene rings is 1. The summed E-state index contributed by atoms with van der Waals surface area (Å²) in [6, 6.07) is 7.14. The van der Waals surface area contributed by atoms with Crippen LogP contribution in [0.4, 0.5) is 0 Å². The van der Waals surface area contributed by atoms with Crippen molar-refractivity contribution < 1.29 is 9.53 Å². The van der Waals surface area contributed by atoms with Gasteiger partial charge in [-0.3, -0.25) is 4.79 Å². The summed E-state index contributed by atoms with van der Waals surface area (Å²) in [7, 11) is 0. The van der Waals surface area contributed by atoms with E-state index in [1.807, 2.05) is 25.3 Å². The van der Waals surface area contributed by atoms with Crippen LogP contribution in [0, 0.1) is 0 Å². The van der Waals surface area contributed by atoms with Gasteiger partial charge in [0.05, 0.1) is 5.56 Å². The normalized spacial score (nSPS) is 11.7. The molecule has 1 amide bonds. The molecule has 0 bridgehead atoms. The highest BCUT2D eigenvalue weighted by Gasteiger charge is 2.09. The van der Waals surface area contributed by atoms with Gasteiger partial charge in [-0.1, -0.05) is 31.3 Å². The fourth-order valence-corrected chi connectivity index (χ4v) is 1.75. The quantitative estimate of drug-likeness (QED) is 0.748. The maximum atomic E-state index is 11.6. The van der Waals surface area contributed by atoms with E-state index in [0.29, 0.717) is 23.1 Å². The number of hydrogen-bond donors (Lipinski definition) is 2.